The van der Waals surface area contributed by atoms with Crippen molar-refractivity contribution in [1.82, 2.24) is 23.7 Å². The highest BCUT2D eigenvalue weighted by Gasteiger charge is 2.21. The molecule has 0 fully saturated rings. The van der Waals surface area contributed by atoms with Gasteiger partial charge in [-0.2, -0.15) is 10.2 Å². The Morgan fingerprint density at radius 3 is 2.24 bits per heavy atom. The standard InChI is InChI=1S/C26H18Cl2N6O4/c1-32-22-21(24(35)33(2)26(32)36)34(14-16-5-3-15(12-29)4-6-16)25(31-22)38-19-9-7-18(8-10-19)37-23-20(28)11-17(27)13-30-23/h3-11,13H,14H2,1-2H3. The molecular formula is C26H18Cl2N6O4. The lowest BCUT2D eigenvalue weighted by molar-refractivity contribution is 0.418. The Morgan fingerprint density at radius 2 is 1.61 bits per heavy atom. The van der Waals surface area contributed by atoms with Crippen LogP contribution in [0.5, 0.6) is 23.4 Å². The van der Waals surface area contributed by atoms with Crippen LogP contribution in [0.25, 0.3) is 11.2 Å². The molecule has 5 rings (SSSR count). The van der Waals surface area contributed by atoms with E-state index in [1.807, 2.05) is 0 Å². The smallest absolute Gasteiger partial charge is 0.332 e. The molecule has 0 aliphatic rings. The van der Waals surface area contributed by atoms with Crippen molar-refractivity contribution in [1.29, 1.82) is 5.26 Å². The van der Waals surface area contributed by atoms with E-state index in [4.69, 9.17) is 37.9 Å². The molecule has 0 radical (unpaired) electrons. The monoisotopic (exact) mass is 548 g/mol. The number of hydrogen-bond acceptors (Lipinski definition) is 7. The molecule has 0 aliphatic carbocycles. The van der Waals surface area contributed by atoms with E-state index in [2.05, 4.69) is 16.0 Å². The van der Waals surface area contributed by atoms with Gasteiger partial charge in [0.05, 0.1) is 23.2 Å². The Bertz CT molecular complexity index is 1830. The Labute approximate surface area is 225 Å². The zero-order valence-corrected chi connectivity index (χ0v) is 21.6. The maximum atomic E-state index is 13.1. The second-order valence-corrected chi connectivity index (χ2v) is 9.13. The van der Waals surface area contributed by atoms with Gasteiger partial charge in [-0.25, -0.2) is 9.78 Å². The minimum Gasteiger partial charge on any atom is -0.438 e. The number of nitriles is 1. The summed E-state index contributed by atoms with van der Waals surface area (Å²) < 4.78 is 15.7. The summed E-state index contributed by atoms with van der Waals surface area (Å²) in [6.07, 6.45) is 1.43. The van der Waals surface area contributed by atoms with Crippen LogP contribution in [0.2, 0.25) is 10.0 Å². The van der Waals surface area contributed by atoms with Gasteiger partial charge in [-0.3, -0.25) is 18.5 Å². The van der Waals surface area contributed by atoms with Crippen LogP contribution < -0.4 is 20.7 Å². The summed E-state index contributed by atoms with van der Waals surface area (Å²) in [7, 11) is 2.94. The molecule has 10 nitrogen and oxygen atoms in total. The molecule has 3 aromatic heterocycles. The Hall–Kier alpha value is -4.59. The van der Waals surface area contributed by atoms with Crippen LogP contribution in [-0.4, -0.2) is 23.7 Å². The van der Waals surface area contributed by atoms with E-state index in [1.54, 1.807) is 53.1 Å². The van der Waals surface area contributed by atoms with Gasteiger partial charge in [0, 0.05) is 20.3 Å². The number of halogens is 2. The van der Waals surface area contributed by atoms with E-state index in [1.165, 1.54) is 30.9 Å². The molecule has 190 valence electrons. The molecule has 0 saturated heterocycles. The zero-order valence-electron chi connectivity index (χ0n) is 20.1. The van der Waals surface area contributed by atoms with Gasteiger partial charge in [-0.05, 0) is 48.0 Å². The minimum absolute atomic E-state index is 0.110. The van der Waals surface area contributed by atoms with Gasteiger partial charge in [-0.15, -0.1) is 0 Å². The fourth-order valence-corrected chi connectivity index (χ4v) is 4.21. The summed E-state index contributed by atoms with van der Waals surface area (Å²) in [6, 6.07) is 17.3. The van der Waals surface area contributed by atoms with Gasteiger partial charge in [0.15, 0.2) is 11.2 Å². The molecule has 0 unspecified atom stereocenters. The predicted molar refractivity (Wildman–Crippen MR) is 141 cm³/mol. The fraction of sp³-hybridized carbons (Fsp3) is 0.115. The number of rotatable bonds is 6. The van der Waals surface area contributed by atoms with E-state index in [0.717, 1.165) is 10.1 Å². The van der Waals surface area contributed by atoms with Gasteiger partial charge < -0.3 is 9.47 Å². The quantitative estimate of drug-likeness (QED) is 0.303. The first-order valence-corrected chi connectivity index (χ1v) is 11.9. The van der Waals surface area contributed by atoms with Gasteiger partial charge in [0.1, 0.15) is 16.5 Å². The van der Waals surface area contributed by atoms with E-state index >= 15 is 0 Å². The van der Waals surface area contributed by atoms with Gasteiger partial charge in [0.25, 0.3) is 5.56 Å². The molecule has 0 spiro atoms. The molecule has 3 heterocycles. The molecule has 12 heteroatoms. The van der Waals surface area contributed by atoms with E-state index < -0.39 is 11.2 Å². The highest BCUT2D eigenvalue weighted by Crippen LogP contribution is 2.31. The van der Waals surface area contributed by atoms with Crippen molar-refractivity contribution in [3.63, 3.8) is 0 Å². The van der Waals surface area contributed by atoms with Crippen molar-refractivity contribution in [2.24, 2.45) is 14.1 Å². The summed E-state index contributed by atoms with van der Waals surface area (Å²) in [5, 5.41) is 9.76. The number of pyridine rings is 1. The first-order chi connectivity index (χ1) is 18.2. The minimum atomic E-state index is -0.506. The summed E-state index contributed by atoms with van der Waals surface area (Å²) in [6.45, 7) is 0.215. The van der Waals surface area contributed by atoms with Crippen molar-refractivity contribution >= 4 is 34.4 Å². The lowest BCUT2D eigenvalue weighted by Crippen LogP contribution is -2.37. The van der Waals surface area contributed by atoms with Gasteiger partial charge in [0.2, 0.25) is 5.88 Å². The first-order valence-electron chi connectivity index (χ1n) is 11.2. The number of aromatic nitrogens is 5. The second kappa shape index (κ2) is 10.0. The number of ether oxygens (including phenoxy) is 2. The Morgan fingerprint density at radius 1 is 0.947 bits per heavy atom. The summed E-state index contributed by atoms with van der Waals surface area (Å²) in [5.41, 5.74) is 0.697. The molecule has 38 heavy (non-hydrogen) atoms. The second-order valence-electron chi connectivity index (χ2n) is 8.28. The third kappa shape index (κ3) is 4.72. The zero-order chi connectivity index (χ0) is 27.0. The Balaban J connectivity index is 1.52. The van der Waals surface area contributed by atoms with Gasteiger partial charge >= 0.3 is 11.7 Å². The van der Waals surface area contributed by atoms with Crippen molar-refractivity contribution in [2.75, 3.05) is 0 Å². The predicted octanol–water partition coefficient (Wildman–Crippen LogP) is 4.64. The number of aryl methyl sites for hydroxylation is 1. The maximum absolute atomic E-state index is 13.1. The molecule has 0 saturated carbocycles. The molecule has 2 aromatic carbocycles. The molecule has 5 aromatic rings. The Kier molecular flexibility index (Phi) is 6.63. The molecule has 0 N–H and O–H groups in total. The highest BCUT2D eigenvalue weighted by atomic mass is 35.5. The molecule has 0 aliphatic heterocycles. The summed E-state index contributed by atoms with van der Waals surface area (Å²) in [4.78, 5) is 34.2. The number of imidazole rings is 1. The average molecular weight is 549 g/mol. The maximum Gasteiger partial charge on any atom is 0.332 e. The molecule has 0 atom stereocenters. The highest BCUT2D eigenvalue weighted by molar-refractivity contribution is 6.35. The number of nitrogens with zero attached hydrogens (tertiary/aromatic N) is 6. The lowest BCUT2D eigenvalue weighted by Gasteiger charge is -2.11. The average Bonchev–Trinajstić information content (AvgIpc) is 3.27. The van der Waals surface area contributed by atoms with Gasteiger partial charge in [-0.1, -0.05) is 35.3 Å². The van der Waals surface area contributed by atoms with E-state index in [0.29, 0.717) is 22.1 Å². The summed E-state index contributed by atoms with van der Waals surface area (Å²) in [5.74, 6) is 1.06. The van der Waals surface area contributed by atoms with Crippen molar-refractivity contribution in [2.45, 2.75) is 6.54 Å². The normalized spacial score (nSPS) is 10.9. The third-order valence-electron chi connectivity index (χ3n) is 5.76. The van der Waals surface area contributed by atoms with Crippen molar-refractivity contribution in [3.8, 4) is 29.5 Å². The molecule has 0 amide bonds. The van der Waals surface area contributed by atoms with Crippen LogP contribution in [0.4, 0.5) is 0 Å². The number of hydrogen-bond donors (Lipinski definition) is 0. The molecule has 0 bridgehead atoms. The van der Waals surface area contributed by atoms with Crippen LogP contribution in [0.3, 0.4) is 0 Å². The lowest BCUT2D eigenvalue weighted by atomic mass is 10.1. The van der Waals surface area contributed by atoms with E-state index in [9.17, 15) is 9.59 Å². The largest absolute Gasteiger partial charge is 0.438 e. The van der Waals surface area contributed by atoms with Crippen LogP contribution in [-0.2, 0) is 20.6 Å². The van der Waals surface area contributed by atoms with E-state index in [-0.39, 0.29) is 34.6 Å². The fourth-order valence-electron chi connectivity index (χ4n) is 3.79. The molecular weight excluding hydrogens is 531 g/mol. The summed E-state index contributed by atoms with van der Waals surface area (Å²) >= 11 is 12.0. The third-order valence-corrected chi connectivity index (χ3v) is 6.24. The van der Waals surface area contributed by atoms with Crippen molar-refractivity contribution in [3.05, 3.63) is 103 Å². The first kappa shape index (κ1) is 25.1. The van der Waals surface area contributed by atoms with Crippen LogP contribution in [0.15, 0.2) is 70.4 Å². The topological polar surface area (TPSA) is 117 Å². The van der Waals surface area contributed by atoms with Crippen LogP contribution in [0, 0.1) is 11.3 Å². The number of benzene rings is 2. The van der Waals surface area contributed by atoms with Crippen molar-refractivity contribution < 1.29 is 9.47 Å². The van der Waals surface area contributed by atoms with Crippen LogP contribution >= 0.6 is 23.2 Å². The number of fused-ring (bicyclic) bond motifs is 1. The SMILES string of the molecule is Cn1c(=O)c2c(nc(Oc3ccc(Oc4ncc(Cl)cc4Cl)cc3)n2Cc2ccc(C#N)cc2)n(C)c1=O. The van der Waals surface area contributed by atoms with Crippen LogP contribution in [0.1, 0.15) is 11.1 Å².